The third-order valence-electron chi connectivity index (χ3n) is 4.50. The van der Waals surface area contributed by atoms with Gasteiger partial charge in [-0.05, 0) is 36.1 Å². The monoisotopic (exact) mass is 324 g/mol. The second-order valence-corrected chi connectivity index (χ2v) is 6.21. The molecule has 2 aromatic rings. The lowest BCUT2D eigenvalue weighted by molar-refractivity contribution is -0.384. The van der Waals surface area contributed by atoms with Gasteiger partial charge in [-0.15, -0.1) is 0 Å². The second-order valence-electron chi connectivity index (χ2n) is 6.21. The Morgan fingerprint density at radius 3 is 2.38 bits per heavy atom. The lowest BCUT2D eigenvalue weighted by Gasteiger charge is -2.20. The molecule has 3 rings (SSSR count). The molecule has 24 heavy (non-hydrogen) atoms. The van der Waals surface area contributed by atoms with E-state index in [1.165, 1.54) is 12.5 Å². The van der Waals surface area contributed by atoms with Crippen molar-refractivity contribution < 1.29 is 9.72 Å². The Balaban J connectivity index is 1.77. The van der Waals surface area contributed by atoms with Crippen LogP contribution in [0, 0.1) is 16.0 Å². The Morgan fingerprint density at radius 1 is 1.00 bits per heavy atom. The van der Waals surface area contributed by atoms with E-state index >= 15 is 0 Å². The van der Waals surface area contributed by atoms with Crippen molar-refractivity contribution in [3.63, 3.8) is 0 Å². The molecule has 2 aromatic carbocycles. The average molecular weight is 324 g/mol. The standard InChI is InChI=1S/C19H20N2O3/c22-19(14-6-2-1-3-7-14)20-17-10-4-8-15(12-17)16-9-5-11-18(13-16)21(23)24/h4-5,8-14H,1-3,6-7H2,(H,20,22). The molecule has 1 saturated carbocycles. The van der Waals surface area contributed by atoms with Crippen molar-refractivity contribution in [2.24, 2.45) is 5.92 Å². The Labute approximate surface area is 140 Å². The number of benzene rings is 2. The molecule has 0 saturated heterocycles. The second kappa shape index (κ2) is 7.25. The summed E-state index contributed by atoms with van der Waals surface area (Å²) in [5, 5.41) is 13.9. The summed E-state index contributed by atoms with van der Waals surface area (Å²) < 4.78 is 0. The van der Waals surface area contributed by atoms with Gasteiger partial charge in [0.05, 0.1) is 4.92 Å². The van der Waals surface area contributed by atoms with Crippen molar-refractivity contribution >= 4 is 17.3 Å². The minimum atomic E-state index is -0.405. The fraction of sp³-hybridized carbons (Fsp3) is 0.316. The maximum absolute atomic E-state index is 12.4. The number of non-ortho nitro benzene ring substituents is 1. The summed E-state index contributed by atoms with van der Waals surface area (Å²) in [7, 11) is 0. The van der Waals surface area contributed by atoms with Gasteiger partial charge in [0.25, 0.3) is 5.69 Å². The third kappa shape index (κ3) is 3.79. The molecule has 0 unspecified atom stereocenters. The maximum Gasteiger partial charge on any atom is 0.270 e. The summed E-state index contributed by atoms with van der Waals surface area (Å²) in [4.78, 5) is 22.9. The Morgan fingerprint density at radius 2 is 1.67 bits per heavy atom. The van der Waals surface area contributed by atoms with E-state index in [1.807, 2.05) is 30.3 Å². The number of nitro groups is 1. The first-order chi connectivity index (χ1) is 11.6. The molecule has 0 spiro atoms. The maximum atomic E-state index is 12.4. The minimum absolute atomic E-state index is 0.0594. The van der Waals surface area contributed by atoms with Crippen LogP contribution in [0.2, 0.25) is 0 Å². The number of nitrogens with one attached hydrogen (secondary N) is 1. The van der Waals surface area contributed by atoms with Crippen LogP contribution in [-0.2, 0) is 4.79 Å². The zero-order valence-corrected chi connectivity index (χ0v) is 13.4. The molecule has 0 aliphatic heterocycles. The first-order valence-electron chi connectivity index (χ1n) is 8.29. The van der Waals surface area contributed by atoms with E-state index in [-0.39, 0.29) is 17.5 Å². The van der Waals surface area contributed by atoms with Crippen LogP contribution in [0.1, 0.15) is 32.1 Å². The number of amides is 1. The predicted octanol–water partition coefficient (Wildman–Crippen LogP) is 4.78. The first-order valence-corrected chi connectivity index (χ1v) is 8.29. The molecule has 124 valence electrons. The van der Waals surface area contributed by atoms with Crippen molar-refractivity contribution in [2.75, 3.05) is 5.32 Å². The molecule has 5 nitrogen and oxygen atoms in total. The largest absolute Gasteiger partial charge is 0.326 e. The van der Waals surface area contributed by atoms with Crippen LogP contribution in [0.25, 0.3) is 11.1 Å². The van der Waals surface area contributed by atoms with Crippen molar-refractivity contribution in [3.8, 4) is 11.1 Å². The van der Waals surface area contributed by atoms with Gasteiger partial charge in [-0.1, -0.05) is 43.5 Å². The summed E-state index contributed by atoms with van der Waals surface area (Å²) in [6.45, 7) is 0. The van der Waals surface area contributed by atoms with E-state index in [4.69, 9.17) is 0 Å². The van der Waals surface area contributed by atoms with Crippen molar-refractivity contribution in [3.05, 3.63) is 58.6 Å². The molecule has 1 fully saturated rings. The van der Waals surface area contributed by atoms with E-state index in [2.05, 4.69) is 5.32 Å². The van der Waals surface area contributed by atoms with Crippen LogP contribution in [0.3, 0.4) is 0 Å². The molecule has 1 N–H and O–H groups in total. The molecule has 0 radical (unpaired) electrons. The zero-order valence-electron chi connectivity index (χ0n) is 13.4. The molecule has 0 bridgehead atoms. The van der Waals surface area contributed by atoms with E-state index < -0.39 is 4.92 Å². The summed E-state index contributed by atoms with van der Waals surface area (Å²) in [5.41, 5.74) is 2.40. The summed E-state index contributed by atoms with van der Waals surface area (Å²) in [5.74, 6) is 0.172. The fourth-order valence-electron chi connectivity index (χ4n) is 3.18. The van der Waals surface area contributed by atoms with E-state index in [0.717, 1.165) is 42.5 Å². The van der Waals surface area contributed by atoms with Crippen LogP contribution in [0.4, 0.5) is 11.4 Å². The highest BCUT2D eigenvalue weighted by Crippen LogP contribution is 2.28. The molecule has 1 aliphatic rings. The fourth-order valence-corrected chi connectivity index (χ4v) is 3.18. The highest BCUT2D eigenvalue weighted by atomic mass is 16.6. The number of hydrogen-bond acceptors (Lipinski definition) is 3. The SMILES string of the molecule is O=C(Nc1cccc(-c2cccc([N+](=O)[O-])c2)c1)C1CCCCC1. The third-order valence-corrected chi connectivity index (χ3v) is 4.50. The Bertz CT molecular complexity index is 752. The highest BCUT2D eigenvalue weighted by Gasteiger charge is 2.21. The normalized spacial score (nSPS) is 15.0. The molecular formula is C19H20N2O3. The Kier molecular flexibility index (Phi) is 4.89. The van der Waals surface area contributed by atoms with Crippen LogP contribution in [0.15, 0.2) is 48.5 Å². The number of hydrogen-bond donors (Lipinski definition) is 1. The number of carbonyl (C=O) groups excluding carboxylic acids is 1. The summed E-state index contributed by atoms with van der Waals surface area (Å²) >= 11 is 0. The van der Waals surface area contributed by atoms with Gasteiger partial charge in [-0.25, -0.2) is 0 Å². The van der Waals surface area contributed by atoms with Crippen molar-refractivity contribution in [2.45, 2.75) is 32.1 Å². The minimum Gasteiger partial charge on any atom is -0.326 e. The van der Waals surface area contributed by atoms with Crippen LogP contribution >= 0.6 is 0 Å². The predicted molar refractivity (Wildman–Crippen MR) is 93.7 cm³/mol. The number of nitro benzene ring substituents is 1. The first kappa shape index (κ1) is 16.2. The van der Waals surface area contributed by atoms with Gasteiger partial charge < -0.3 is 5.32 Å². The zero-order chi connectivity index (χ0) is 16.9. The Hall–Kier alpha value is -2.69. The van der Waals surface area contributed by atoms with Crippen LogP contribution < -0.4 is 5.32 Å². The van der Waals surface area contributed by atoms with Gasteiger partial charge >= 0.3 is 0 Å². The van der Waals surface area contributed by atoms with Gasteiger partial charge in [0.1, 0.15) is 0 Å². The van der Waals surface area contributed by atoms with Gasteiger partial charge in [0.15, 0.2) is 0 Å². The van der Waals surface area contributed by atoms with Crippen LogP contribution in [0.5, 0.6) is 0 Å². The van der Waals surface area contributed by atoms with Crippen molar-refractivity contribution in [1.29, 1.82) is 0 Å². The molecule has 1 aliphatic carbocycles. The van der Waals surface area contributed by atoms with Gasteiger partial charge in [-0.2, -0.15) is 0 Å². The van der Waals surface area contributed by atoms with E-state index in [1.54, 1.807) is 12.1 Å². The number of carbonyl (C=O) groups is 1. The smallest absolute Gasteiger partial charge is 0.270 e. The summed E-state index contributed by atoms with van der Waals surface area (Å²) in [6, 6.07) is 14.0. The lowest BCUT2D eigenvalue weighted by Crippen LogP contribution is -2.24. The molecule has 0 aromatic heterocycles. The molecule has 0 heterocycles. The van der Waals surface area contributed by atoms with Gasteiger partial charge in [0, 0.05) is 23.7 Å². The van der Waals surface area contributed by atoms with Gasteiger partial charge in [-0.3, -0.25) is 14.9 Å². The lowest BCUT2D eigenvalue weighted by atomic mass is 9.88. The van der Waals surface area contributed by atoms with Gasteiger partial charge in [0.2, 0.25) is 5.91 Å². The van der Waals surface area contributed by atoms with E-state index in [9.17, 15) is 14.9 Å². The topological polar surface area (TPSA) is 72.2 Å². The summed E-state index contributed by atoms with van der Waals surface area (Å²) in [6.07, 6.45) is 5.36. The van der Waals surface area contributed by atoms with Crippen molar-refractivity contribution in [1.82, 2.24) is 0 Å². The average Bonchev–Trinajstić information content (AvgIpc) is 2.63. The number of anilines is 1. The molecule has 5 heteroatoms. The molecule has 1 amide bonds. The highest BCUT2D eigenvalue weighted by molar-refractivity contribution is 5.93. The molecule has 0 atom stereocenters. The number of rotatable bonds is 4. The number of nitrogens with zero attached hydrogens (tertiary/aromatic N) is 1. The quantitative estimate of drug-likeness (QED) is 0.649. The van der Waals surface area contributed by atoms with Crippen LogP contribution in [-0.4, -0.2) is 10.8 Å². The molecular weight excluding hydrogens is 304 g/mol. The van der Waals surface area contributed by atoms with E-state index in [0.29, 0.717) is 0 Å².